The molecule has 246 valence electrons. The molecule has 44 heavy (non-hydrogen) atoms. The molecule has 0 saturated carbocycles. The van der Waals surface area contributed by atoms with Crippen molar-refractivity contribution in [1.82, 2.24) is 26.6 Å². The molecular formula is C28H44N6O10. The monoisotopic (exact) mass is 624 g/mol. The number of alkyl carbamates (subject to hydrolysis) is 1. The van der Waals surface area contributed by atoms with Crippen molar-refractivity contribution in [2.24, 2.45) is 5.73 Å². The molecule has 16 nitrogen and oxygen atoms in total. The molecule has 1 aromatic rings. The number of rotatable bonds is 13. The third kappa shape index (κ3) is 23.9. The largest absolute Gasteiger partial charge is 0.459 e. The van der Waals surface area contributed by atoms with E-state index < -0.39 is 52.9 Å². The van der Waals surface area contributed by atoms with Crippen molar-refractivity contribution in [2.45, 2.75) is 59.4 Å². The van der Waals surface area contributed by atoms with Crippen LogP contribution in [0.25, 0.3) is 0 Å². The van der Waals surface area contributed by atoms with Gasteiger partial charge in [-0.3, -0.25) is 28.8 Å². The SMILES string of the molecule is CC(C)(C)OC(=O)CNC(=O)CNC(=O)CN.CC(C)(C)OC(=O)CNC(=O)CNC(=O)CNC(=O)OCc1ccccc1. The summed E-state index contributed by atoms with van der Waals surface area (Å²) >= 11 is 0. The molecule has 0 bridgehead atoms. The summed E-state index contributed by atoms with van der Waals surface area (Å²) in [5.41, 5.74) is 4.62. The maximum atomic E-state index is 11.6. The Labute approximate surface area is 256 Å². The van der Waals surface area contributed by atoms with E-state index in [0.29, 0.717) is 0 Å². The summed E-state index contributed by atoms with van der Waals surface area (Å²) in [6, 6.07) is 9.08. The number of benzene rings is 1. The Morgan fingerprint density at radius 3 is 1.39 bits per heavy atom. The Morgan fingerprint density at radius 1 is 0.591 bits per heavy atom. The van der Waals surface area contributed by atoms with Gasteiger partial charge in [-0.2, -0.15) is 0 Å². The molecule has 0 saturated heterocycles. The number of hydrogen-bond acceptors (Lipinski definition) is 11. The number of carbonyl (C=O) groups is 7. The van der Waals surface area contributed by atoms with Crippen LogP contribution in [0, 0.1) is 0 Å². The summed E-state index contributed by atoms with van der Waals surface area (Å²) in [6.45, 7) is 8.83. The van der Waals surface area contributed by atoms with Crippen molar-refractivity contribution in [3.05, 3.63) is 35.9 Å². The highest BCUT2D eigenvalue weighted by atomic mass is 16.6. The molecule has 0 aliphatic rings. The Bertz CT molecular complexity index is 1110. The van der Waals surface area contributed by atoms with E-state index in [0.717, 1.165) is 5.56 Å². The van der Waals surface area contributed by atoms with Gasteiger partial charge in [0.25, 0.3) is 0 Å². The fourth-order valence-electron chi connectivity index (χ4n) is 2.64. The van der Waals surface area contributed by atoms with E-state index in [-0.39, 0.29) is 45.9 Å². The molecule has 1 aromatic carbocycles. The van der Waals surface area contributed by atoms with Crippen LogP contribution in [-0.2, 0) is 49.6 Å². The first-order valence-electron chi connectivity index (χ1n) is 13.5. The molecule has 0 aromatic heterocycles. The van der Waals surface area contributed by atoms with Crippen LogP contribution in [0.1, 0.15) is 47.1 Å². The van der Waals surface area contributed by atoms with Crippen LogP contribution in [-0.4, -0.2) is 92.1 Å². The lowest BCUT2D eigenvalue weighted by atomic mass is 10.2. The molecule has 0 atom stereocenters. The first-order chi connectivity index (χ1) is 20.4. The Hall–Kier alpha value is -4.73. The lowest BCUT2D eigenvalue weighted by molar-refractivity contribution is -0.155. The van der Waals surface area contributed by atoms with E-state index in [9.17, 15) is 33.6 Å². The molecule has 0 fully saturated rings. The standard InChI is InChI=1S/C18H25N3O6.C10H19N3O4/c1-18(2,3)27-16(24)11-20-14(22)9-19-15(23)10-21-17(25)26-12-13-7-5-4-6-8-13;1-10(2,3)17-9(16)6-13-8(15)5-12-7(14)4-11/h4-8H,9-12H2,1-3H3,(H,19,23)(H,20,22)(H,21,25);4-6,11H2,1-3H3,(H,12,14)(H,13,15). The number of esters is 2. The lowest BCUT2D eigenvalue weighted by Crippen LogP contribution is -2.43. The predicted molar refractivity (Wildman–Crippen MR) is 157 cm³/mol. The Kier molecular flexibility index (Phi) is 18.0. The molecule has 5 amide bonds. The number of nitrogens with two attached hydrogens (primary N) is 1. The van der Waals surface area contributed by atoms with Crippen molar-refractivity contribution in [3.8, 4) is 0 Å². The van der Waals surface area contributed by atoms with E-state index in [2.05, 4.69) is 26.6 Å². The summed E-state index contributed by atoms with van der Waals surface area (Å²) in [4.78, 5) is 79.2. The second-order valence-corrected chi connectivity index (χ2v) is 10.9. The normalized spacial score (nSPS) is 10.5. The van der Waals surface area contributed by atoms with E-state index in [1.807, 2.05) is 18.2 Å². The van der Waals surface area contributed by atoms with Crippen molar-refractivity contribution >= 4 is 41.7 Å². The van der Waals surface area contributed by atoms with E-state index in [4.69, 9.17) is 19.9 Å². The highest BCUT2D eigenvalue weighted by molar-refractivity contribution is 5.89. The van der Waals surface area contributed by atoms with Gasteiger partial charge >= 0.3 is 18.0 Å². The molecule has 0 unspecified atom stereocenters. The van der Waals surface area contributed by atoms with E-state index in [1.54, 1.807) is 53.7 Å². The number of nitrogens with one attached hydrogen (secondary N) is 5. The van der Waals surface area contributed by atoms with Crippen LogP contribution in [0.3, 0.4) is 0 Å². The number of ether oxygens (including phenoxy) is 3. The van der Waals surface area contributed by atoms with Crippen LogP contribution in [0.4, 0.5) is 4.79 Å². The molecule has 0 heterocycles. The molecular weight excluding hydrogens is 580 g/mol. The van der Waals surface area contributed by atoms with Crippen LogP contribution >= 0.6 is 0 Å². The Morgan fingerprint density at radius 2 is 0.977 bits per heavy atom. The maximum absolute atomic E-state index is 11.6. The van der Waals surface area contributed by atoms with Gasteiger partial charge in [0.15, 0.2) is 0 Å². The molecule has 7 N–H and O–H groups in total. The minimum atomic E-state index is -0.747. The van der Waals surface area contributed by atoms with Crippen LogP contribution < -0.4 is 32.3 Å². The number of carbonyl (C=O) groups excluding carboxylic acids is 7. The van der Waals surface area contributed by atoms with Gasteiger partial charge in [0, 0.05) is 0 Å². The van der Waals surface area contributed by atoms with Crippen LogP contribution in [0.15, 0.2) is 30.3 Å². The fraction of sp³-hybridized carbons (Fsp3) is 0.536. The molecule has 0 radical (unpaired) electrons. The number of amides is 5. The first-order valence-corrected chi connectivity index (χ1v) is 13.5. The van der Waals surface area contributed by atoms with Crippen molar-refractivity contribution in [3.63, 3.8) is 0 Å². The van der Waals surface area contributed by atoms with Gasteiger partial charge in [0.1, 0.15) is 37.4 Å². The first kappa shape index (κ1) is 39.3. The lowest BCUT2D eigenvalue weighted by Gasteiger charge is -2.19. The molecule has 0 aliphatic heterocycles. The quantitative estimate of drug-likeness (QED) is 0.115. The zero-order valence-corrected chi connectivity index (χ0v) is 26.0. The smallest absolute Gasteiger partial charge is 0.407 e. The van der Waals surface area contributed by atoms with Crippen LogP contribution in [0.2, 0.25) is 0 Å². The Balaban J connectivity index is 0.000000938. The summed E-state index contributed by atoms with van der Waals surface area (Å²) < 4.78 is 15.0. The fourth-order valence-corrected chi connectivity index (χ4v) is 2.64. The second kappa shape index (κ2) is 20.2. The van der Waals surface area contributed by atoms with Gasteiger partial charge in [-0.25, -0.2) is 4.79 Å². The zero-order chi connectivity index (χ0) is 33.8. The second-order valence-electron chi connectivity index (χ2n) is 10.9. The summed E-state index contributed by atoms with van der Waals surface area (Å²) in [6.07, 6.45) is -0.747. The van der Waals surface area contributed by atoms with Gasteiger partial charge < -0.3 is 46.5 Å². The molecule has 0 aliphatic carbocycles. The topological polar surface area (TPSA) is 233 Å². The summed E-state index contributed by atoms with van der Waals surface area (Å²) in [7, 11) is 0. The van der Waals surface area contributed by atoms with Crippen molar-refractivity contribution in [1.29, 1.82) is 0 Å². The number of hydrogen-bond donors (Lipinski definition) is 6. The third-order valence-electron chi connectivity index (χ3n) is 4.38. The minimum Gasteiger partial charge on any atom is -0.459 e. The van der Waals surface area contributed by atoms with E-state index in [1.165, 1.54) is 0 Å². The molecule has 1 rings (SSSR count). The highest BCUT2D eigenvalue weighted by Crippen LogP contribution is 2.06. The van der Waals surface area contributed by atoms with Gasteiger partial charge in [-0.15, -0.1) is 0 Å². The van der Waals surface area contributed by atoms with Gasteiger partial charge in [0.05, 0.1) is 19.6 Å². The molecule has 16 heteroatoms. The minimum absolute atomic E-state index is 0.0847. The predicted octanol–water partition coefficient (Wildman–Crippen LogP) is -0.994. The van der Waals surface area contributed by atoms with Crippen molar-refractivity contribution < 1.29 is 47.8 Å². The van der Waals surface area contributed by atoms with E-state index >= 15 is 0 Å². The van der Waals surface area contributed by atoms with Crippen molar-refractivity contribution in [2.75, 3.05) is 39.3 Å². The van der Waals surface area contributed by atoms with Gasteiger partial charge in [-0.05, 0) is 47.1 Å². The third-order valence-corrected chi connectivity index (χ3v) is 4.38. The van der Waals surface area contributed by atoms with Gasteiger partial charge in [0.2, 0.25) is 23.6 Å². The van der Waals surface area contributed by atoms with Gasteiger partial charge in [-0.1, -0.05) is 30.3 Å². The average Bonchev–Trinajstić information content (AvgIpc) is 2.93. The zero-order valence-electron chi connectivity index (χ0n) is 26.0. The van der Waals surface area contributed by atoms with Crippen LogP contribution in [0.5, 0.6) is 0 Å². The molecule has 0 spiro atoms. The summed E-state index contributed by atoms with van der Waals surface area (Å²) in [5.74, 6) is -3.14. The highest BCUT2D eigenvalue weighted by Gasteiger charge is 2.18. The maximum Gasteiger partial charge on any atom is 0.407 e. The summed E-state index contributed by atoms with van der Waals surface area (Å²) in [5, 5.41) is 11.5. The average molecular weight is 625 g/mol.